The summed E-state index contributed by atoms with van der Waals surface area (Å²) >= 11 is 0.667. The van der Waals surface area contributed by atoms with Crippen LogP contribution in [0.4, 0.5) is 19.6 Å². The number of halogens is 2. The predicted molar refractivity (Wildman–Crippen MR) is 102 cm³/mol. The molecule has 0 saturated heterocycles. The van der Waals surface area contributed by atoms with Crippen molar-refractivity contribution >= 4 is 37.9 Å². The van der Waals surface area contributed by atoms with E-state index in [9.17, 15) is 32.1 Å². The first-order valence-corrected chi connectivity index (χ1v) is 10.3. The molecule has 0 radical (unpaired) electrons. The highest BCUT2D eigenvalue weighted by Gasteiger charge is 2.22. The van der Waals surface area contributed by atoms with Crippen LogP contribution < -0.4 is 10.1 Å². The van der Waals surface area contributed by atoms with E-state index >= 15 is 0 Å². The Labute approximate surface area is 172 Å². The minimum Gasteiger partial charge on any atom is -0.435 e. The van der Waals surface area contributed by atoms with Crippen molar-refractivity contribution in [2.24, 2.45) is 0 Å². The number of hydrogen-bond donors (Lipinski definition) is 1. The van der Waals surface area contributed by atoms with Gasteiger partial charge in [0, 0.05) is 17.7 Å². The molecule has 1 aromatic heterocycles. The minimum absolute atomic E-state index is 0.00289. The first-order chi connectivity index (χ1) is 14.2. The van der Waals surface area contributed by atoms with Crippen LogP contribution >= 0.6 is 11.3 Å². The van der Waals surface area contributed by atoms with Gasteiger partial charge in [0.25, 0.3) is 11.6 Å². The molecule has 3 aromatic rings. The van der Waals surface area contributed by atoms with Crippen molar-refractivity contribution in [1.29, 1.82) is 0 Å². The number of amides is 1. The van der Waals surface area contributed by atoms with Crippen LogP contribution in [0.15, 0.2) is 63.8 Å². The van der Waals surface area contributed by atoms with Gasteiger partial charge < -0.3 is 4.74 Å². The summed E-state index contributed by atoms with van der Waals surface area (Å²) in [5.74, 6) is -0.915. The number of carbonyl (C=O) groups excluding carboxylic acids is 1. The molecule has 0 bridgehead atoms. The van der Waals surface area contributed by atoms with Gasteiger partial charge in [-0.25, -0.2) is 13.4 Å². The number of alkyl halides is 2. The van der Waals surface area contributed by atoms with Crippen LogP contribution in [-0.4, -0.2) is 30.8 Å². The van der Waals surface area contributed by atoms with E-state index in [2.05, 4.69) is 15.0 Å². The van der Waals surface area contributed by atoms with E-state index in [1.165, 1.54) is 18.2 Å². The number of nitro groups is 1. The lowest BCUT2D eigenvalue weighted by Gasteiger charge is -2.06. The molecule has 0 unspecified atom stereocenters. The van der Waals surface area contributed by atoms with Gasteiger partial charge in [-0.05, 0) is 30.3 Å². The topological polar surface area (TPSA) is 128 Å². The second kappa shape index (κ2) is 8.51. The Kier molecular flexibility index (Phi) is 6.03. The molecule has 0 atom stereocenters. The molecule has 0 fully saturated rings. The maximum Gasteiger partial charge on any atom is 0.387 e. The summed E-state index contributed by atoms with van der Waals surface area (Å²) < 4.78 is 53.9. The Morgan fingerprint density at radius 2 is 1.90 bits per heavy atom. The zero-order valence-electron chi connectivity index (χ0n) is 14.7. The SMILES string of the molecule is O=C(Nc1ncc(S(=O)(=O)c2ccc([N+](=O)[O-])cc2)s1)c1cccc(OC(F)F)c1. The number of nitrogens with zero attached hydrogens (tertiary/aromatic N) is 2. The summed E-state index contributed by atoms with van der Waals surface area (Å²) in [6, 6.07) is 9.37. The van der Waals surface area contributed by atoms with Crippen molar-refractivity contribution in [3.8, 4) is 5.75 Å². The van der Waals surface area contributed by atoms with E-state index in [0.29, 0.717) is 11.3 Å². The minimum atomic E-state index is -4.00. The highest BCUT2D eigenvalue weighted by Crippen LogP contribution is 2.30. The fourth-order valence-corrected chi connectivity index (χ4v) is 4.71. The Morgan fingerprint density at radius 1 is 1.20 bits per heavy atom. The van der Waals surface area contributed by atoms with Crippen LogP contribution in [0.2, 0.25) is 0 Å². The van der Waals surface area contributed by atoms with E-state index in [1.807, 2.05) is 0 Å². The molecule has 0 aliphatic carbocycles. The highest BCUT2D eigenvalue weighted by atomic mass is 32.2. The van der Waals surface area contributed by atoms with Gasteiger partial charge in [0.15, 0.2) is 5.13 Å². The lowest BCUT2D eigenvalue weighted by Crippen LogP contribution is -2.12. The van der Waals surface area contributed by atoms with Crippen molar-refractivity contribution < 1.29 is 31.7 Å². The lowest BCUT2D eigenvalue weighted by atomic mass is 10.2. The first kappa shape index (κ1) is 21.3. The van der Waals surface area contributed by atoms with Crippen molar-refractivity contribution in [3.05, 3.63) is 70.4 Å². The Balaban J connectivity index is 1.77. The summed E-state index contributed by atoms with van der Waals surface area (Å²) in [5.41, 5.74) is -0.257. The molecule has 1 amide bonds. The number of anilines is 1. The van der Waals surface area contributed by atoms with Gasteiger partial charge in [-0.3, -0.25) is 20.2 Å². The van der Waals surface area contributed by atoms with E-state index in [0.717, 1.165) is 36.5 Å². The molecule has 1 N–H and O–H groups in total. The summed E-state index contributed by atoms with van der Waals surface area (Å²) in [5, 5.41) is 13.0. The third-order valence-electron chi connectivity index (χ3n) is 3.65. The molecule has 13 heteroatoms. The van der Waals surface area contributed by atoms with Gasteiger partial charge in [-0.1, -0.05) is 17.4 Å². The fourth-order valence-electron chi connectivity index (χ4n) is 2.29. The van der Waals surface area contributed by atoms with E-state index in [4.69, 9.17) is 0 Å². The van der Waals surface area contributed by atoms with Crippen molar-refractivity contribution in [1.82, 2.24) is 4.98 Å². The molecule has 0 aliphatic heterocycles. The van der Waals surface area contributed by atoms with Crippen LogP contribution in [-0.2, 0) is 9.84 Å². The fraction of sp³-hybridized carbons (Fsp3) is 0.0588. The Bertz CT molecular complexity index is 1200. The standard InChI is InChI=1S/C17H11F2N3O6S2/c18-16(19)28-12-3-1-2-10(8-12)15(23)21-17-20-9-14(29-17)30(26,27)13-6-4-11(5-7-13)22(24)25/h1-9,16H,(H,20,21,23). The smallest absolute Gasteiger partial charge is 0.387 e. The Morgan fingerprint density at radius 3 is 2.53 bits per heavy atom. The van der Waals surface area contributed by atoms with Gasteiger partial charge in [0.2, 0.25) is 9.84 Å². The van der Waals surface area contributed by atoms with Gasteiger partial charge >= 0.3 is 6.61 Å². The molecule has 3 rings (SSSR count). The van der Waals surface area contributed by atoms with Gasteiger partial charge in [0.05, 0.1) is 16.0 Å². The number of sulfone groups is 1. The van der Waals surface area contributed by atoms with Crippen LogP contribution in [0.5, 0.6) is 5.75 Å². The largest absolute Gasteiger partial charge is 0.435 e. The lowest BCUT2D eigenvalue weighted by molar-refractivity contribution is -0.384. The quantitative estimate of drug-likeness (QED) is 0.424. The number of ether oxygens (including phenoxy) is 1. The van der Waals surface area contributed by atoms with Crippen molar-refractivity contribution in [2.45, 2.75) is 15.7 Å². The second-order valence-electron chi connectivity index (χ2n) is 5.60. The van der Waals surface area contributed by atoms with E-state index in [1.54, 1.807) is 0 Å². The van der Waals surface area contributed by atoms with Crippen LogP contribution in [0.25, 0.3) is 0 Å². The number of hydrogen-bond acceptors (Lipinski definition) is 8. The first-order valence-electron chi connectivity index (χ1n) is 7.98. The second-order valence-corrected chi connectivity index (χ2v) is 8.81. The average molecular weight is 455 g/mol. The van der Waals surface area contributed by atoms with E-state index < -0.39 is 27.3 Å². The third-order valence-corrected chi connectivity index (χ3v) is 6.79. The van der Waals surface area contributed by atoms with Crippen LogP contribution in [0.1, 0.15) is 10.4 Å². The number of aromatic nitrogens is 1. The summed E-state index contributed by atoms with van der Waals surface area (Å²) in [4.78, 5) is 26.0. The number of benzene rings is 2. The van der Waals surface area contributed by atoms with Gasteiger partial charge in [-0.2, -0.15) is 8.78 Å². The van der Waals surface area contributed by atoms with Gasteiger partial charge in [-0.15, -0.1) is 0 Å². The maximum absolute atomic E-state index is 12.6. The van der Waals surface area contributed by atoms with Crippen molar-refractivity contribution in [3.63, 3.8) is 0 Å². The molecule has 0 aliphatic rings. The van der Waals surface area contributed by atoms with E-state index in [-0.39, 0.29) is 31.2 Å². The van der Waals surface area contributed by atoms with Crippen molar-refractivity contribution in [2.75, 3.05) is 5.32 Å². The van der Waals surface area contributed by atoms with Crippen LogP contribution in [0.3, 0.4) is 0 Å². The number of thiazole rings is 1. The summed E-state index contributed by atoms with van der Waals surface area (Å²) in [6.45, 7) is -3.05. The molecule has 30 heavy (non-hydrogen) atoms. The molecule has 9 nitrogen and oxygen atoms in total. The molecular formula is C17H11F2N3O6S2. The predicted octanol–water partition coefficient (Wildman–Crippen LogP) is 3.74. The highest BCUT2D eigenvalue weighted by molar-refractivity contribution is 7.93. The zero-order chi connectivity index (χ0) is 21.9. The number of nitrogens with one attached hydrogen (secondary N) is 1. The maximum atomic E-state index is 12.6. The number of non-ortho nitro benzene ring substituents is 1. The average Bonchev–Trinajstić information content (AvgIpc) is 3.17. The number of nitro benzene ring substituents is 1. The zero-order valence-corrected chi connectivity index (χ0v) is 16.3. The van der Waals surface area contributed by atoms with Gasteiger partial charge in [0.1, 0.15) is 9.96 Å². The normalized spacial score (nSPS) is 11.3. The molecule has 1 heterocycles. The van der Waals surface area contributed by atoms with Crippen LogP contribution in [0, 0.1) is 10.1 Å². The number of rotatable bonds is 7. The molecule has 156 valence electrons. The summed E-state index contributed by atoms with van der Waals surface area (Å²) in [7, 11) is -4.00. The molecule has 2 aromatic carbocycles. The molecule has 0 spiro atoms. The summed E-state index contributed by atoms with van der Waals surface area (Å²) in [6.07, 6.45) is 1.04. The number of carbonyl (C=O) groups is 1. The third kappa shape index (κ3) is 4.75. The Hall–Kier alpha value is -3.45. The monoisotopic (exact) mass is 455 g/mol. The molecular weight excluding hydrogens is 444 g/mol. The molecule has 0 saturated carbocycles.